The smallest absolute Gasteiger partial charge is 0.159 e. The molecule has 3 nitrogen and oxygen atoms in total. The molecular formula is C12H18ClIN2O. The highest BCUT2D eigenvalue weighted by molar-refractivity contribution is 14.1. The van der Waals surface area contributed by atoms with E-state index in [9.17, 15) is 0 Å². The van der Waals surface area contributed by atoms with Crippen molar-refractivity contribution in [1.82, 2.24) is 9.97 Å². The Labute approximate surface area is 121 Å². The summed E-state index contributed by atoms with van der Waals surface area (Å²) in [6, 6.07) is 0. The fourth-order valence-electron chi connectivity index (χ4n) is 1.61. The summed E-state index contributed by atoms with van der Waals surface area (Å²) in [5, 5.41) is 0.535. The molecule has 96 valence electrons. The number of nitrogens with zero attached hydrogens (tertiary/aromatic N) is 2. The van der Waals surface area contributed by atoms with E-state index in [1.807, 2.05) is 6.92 Å². The van der Waals surface area contributed by atoms with Gasteiger partial charge in [0.25, 0.3) is 0 Å². The molecule has 0 bridgehead atoms. The highest BCUT2D eigenvalue weighted by atomic mass is 127. The number of aromatic nitrogens is 2. The van der Waals surface area contributed by atoms with E-state index in [0.717, 1.165) is 34.4 Å². The van der Waals surface area contributed by atoms with Crippen LogP contribution in [-0.4, -0.2) is 16.6 Å². The zero-order chi connectivity index (χ0) is 12.8. The van der Waals surface area contributed by atoms with Gasteiger partial charge in [-0.25, -0.2) is 9.97 Å². The van der Waals surface area contributed by atoms with E-state index in [2.05, 4.69) is 46.4 Å². The molecule has 0 aliphatic heterocycles. The lowest BCUT2D eigenvalue weighted by Crippen LogP contribution is -2.11. The van der Waals surface area contributed by atoms with Crippen LogP contribution in [0.3, 0.4) is 0 Å². The van der Waals surface area contributed by atoms with Gasteiger partial charge < -0.3 is 4.74 Å². The Balaban J connectivity index is 3.06. The van der Waals surface area contributed by atoms with Crippen LogP contribution in [0.2, 0.25) is 5.15 Å². The zero-order valence-electron chi connectivity index (χ0n) is 10.5. The van der Waals surface area contributed by atoms with Crippen molar-refractivity contribution < 1.29 is 4.74 Å². The predicted molar refractivity (Wildman–Crippen MR) is 78.4 cm³/mol. The predicted octanol–water partition coefficient (Wildman–Crippen LogP) is 4.17. The maximum absolute atomic E-state index is 6.13. The molecule has 0 saturated carbocycles. The first-order valence-corrected chi connectivity index (χ1v) is 7.43. The fraction of sp³-hybridized carbons (Fsp3) is 0.667. The third-order valence-corrected chi connectivity index (χ3v) is 4.16. The van der Waals surface area contributed by atoms with Crippen LogP contribution < -0.4 is 0 Å². The third kappa shape index (κ3) is 4.03. The Hall–Kier alpha value is 0.0600. The number of aryl methyl sites for hydroxylation is 1. The minimum absolute atomic E-state index is 0.0372. The second-order valence-corrected chi connectivity index (χ2v) is 5.16. The molecule has 0 N–H and O–H groups in total. The Morgan fingerprint density at radius 3 is 2.53 bits per heavy atom. The first-order valence-electron chi connectivity index (χ1n) is 5.97. The molecule has 0 aliphatic rings. The van der Waals surface area contributed by atoms with Crippen molar-refractivity contribution in [1.29, 1.82) is 0 Å². The molecule has 1 heterocycles. The molecular weight excluding hydrogens is 351 g/mol. The molecule has 1 atom stereocenters. The molecule has 5 heteroatoms. The van der Waals surface area contributed by atoms with Gasteiger partial charge in [-0.1, -0.05) is 31.9 Å². The minimum Gasteiger partial charge on any atom is -0.371 e. The summed E-state index contributed by atoms with van der Waals surface area (Å²) in [6.45, 7) is 6.85. The van der Waals surface area contributed by atoms with Crippen LogP contribution in [-0.2, 0) is 11.2 Å². The van der Waals surface area contributed by atoms with Crippen molar-refractivity contribution in [3.8, 4) is 0 Å². The highest BCUT2D eigenvalue weighted by Crippen LogP contribution is 2.25. The van der Waals surface area contributed by atoms with Crippen LogP contribution in [0.25, 0.3) is 0 Å². The van der Waals surface area contributed by atoms with Crippen LogP contribution in [0, 0.1) is 3.57 Å². The highest BCUT2D eigenvalue weighted by Gasteiger charge is 2.17. The van der Waals surface area contributed by atoms with Crippen LogP contribution in [0.4, 0.5) is 0 Å². The van der Waals surface area contributed by atoms with Crippen molar-refractivity contribution in [2.24, 2.45) is 0 Å². The average Bonchev–Trinajstić information content (AvgIpc) is 2.32. The van der Waals surface area contributed by atoms with Gasteiger partial charge in [0.1, 0.15) is 11.3 Å². The molecule has 1 unspecified atom stereocenters. The lowest BCUT2D eigenvalue weighted by molar-refractivity contribution is 0.0492. The Bertz CT molecular complexity index is 368. The molecule has 0 aliphatic carbocycles. The van der Waals surface area contributed by atoms with Gasteiger partial charge in [-0.15, -0.1) is 0 Å². The second kappa shape index (κ2) is 7.48. The first-order chi connectivity index (χ1) is 8.13. The number of hydrogen-bond acceptors (Lipinski definition) is 3. The van der Waals surface area contributed by atoms with Crippen molar-refractivity contribution in [2.45, 2.75) is 46.1 Å². The SMILES string of the molecule is CCCC(OCC)c1nc(Cl)c(I)c(CC)n1. The van der Waals surface area contributed by atoms with Crippen LogP contribution >= 0.6 is 34.2 Å². The van der Waals surface area contributed by atoms with Crippen molar-refractivity contribution in [2.75, 3.05) is 6.61 Å². The van der Waals surface area contributed by atoms with E-state index >= 15 is 0 Å². The minimum atomic E-state index is -0.0372. The monoisotopic (exact) mass is 368 g/mol. The molecule has 1 rings (SSSR count). The van der Waals surface area contributed by atoms with Gasteiger partial charge in [0.2, 0.25) is 0 Å². The number of ether oxygens (including phenoxy) is 1. The van der Waals surface area contributed by atoms with E-state index < -0.39 is 0 Å². The Morgan fingerprint density at radius 1 is 1.29 bits per heavy atom. The summed E-state index contributed by atoms with van der Waals surface area (Å²) in [4.78, 5) is 8.90. The van der Waals surface area contributed by atoms with Crippen LogP contribution in [0.1, 0.15) is 51.2 Å². The normalized spacial score (nSPS) is 12.8. The average molecular weight is 369 g/mol. The van der Waals surface area contributed by atoms with Gasteiger partial charge in [0, 0.05) is 6.61 Å². The first kappa shape index (κ1) is 15.1. The summed E-state index contributed by atoms with van der Waals surface area (Å²) >= 11 is 8.32. The maximum Gasteiger partial charge on any atom is 0.159 e. The van der Waals surface area contributed by atoms with E-state index in [1.165, 1.54) is 0 Å². The summed E-state index contributed by atoms with van der Waals surface area (Å²) in [6.07, 6.45) is 2.79. The quantitative estimate of drug-likeness (QED) is 0.558. The molecule has 0 saturated heterocycles. The van der Waals surface area contributed by atoms with Gasteiger partial charge >= 0.3 is 0 Å². The summed E-state index contributed by atoms with van der Waals surface area (Å²) < 4.78 is 6.62. The third-order valence-electron chi connectivity index (χ3n) is 2.44. The lowest BCUT2D eigenvalue weighted by Gasteiger charge is -2.16. The van der Waals surface area contributed by atoms with Crippen LogP contribution in [0.15, 0.2) is 0 Å². The van der Waals surface area contributed by atoms with Gasteiger partial charge in [0.05, 0.1) is 9.26 Å². The molecule has 0 radical (unpaired) electrons. The summed E-state index contributed by atoms with van der Waals surface area (Å²) in [5.74, 6) is 0.718. The summed E-state index contributed by atoms with van der Waals surface area (Å²) in [7, 11) is 0. The largest absolute Gasteiger partial charge is 0.371 e. The van der Waals surface area contributed by atoms with Gasteiger partial charge in [-0.05, 0) is 42.4 Å². The zero-order valence-corrected chi connectivity index (χ0v) is 13.4. The molecule has 0 spiro atoms. The molecule has 1 aromatic heterocycles. The van der Waals surface area contributed by atoms with Crippen molar-refractivity contribution in [3.05, 3.63) is 20.2 Å². The van der Waals surface area contributed by atoms with Gasteiger partial charge in [0.15, 0.2) is 5.82 Å². The van der Waals surface area contributed by atoms with E-state index in [1.54, 1.807) is 0 Å². The molecule has 0 amide bonds. The maximum atomic E-state index is 6.13. The Morgan fingerprint density at radius 2 is 2.00 bits per heavy atom. The van der Waals surface area contributed by atoms with Crippen molar-refractivity contribution >= 4 is 34.2 Å². The van der Waals surface area contributed by atoms with Gasteiger partial charge in [-0.2, -0.15) is 0 Å². The van der Waals surface area contributed by atoms with E-state index in [-0.39, 0.29) is 6.10 Å². The van der Waals surface area contributed by atoms with Crippen molar-refractivity contribution in [3.63, 3.8) is 0 Å². The molecule has 0 fully saturated rings. The summed E-state index contributed by atoms with van der Waals surface area (Å²) in [5.41, 5.74) is 1.00. The topological polar surface area (TPSA) is 35.0 Å². The van der Waals surface area contributed by atoms with E-state index in [0.29, 0.717) is 11.8 Å². The molecule has 1 aromatic rings. The number of rotatable bonds is 6. The molecule has 17 heavy (non-hydrogen) atoms. The number of hydrogen-bond donors (Lipinski definition) is 0. The van der Waals surface area contributed by atoms with E-state index in [4.69, 9.17) is 16.3 Å². The Kier molecular flexibility index (Phi) is 6.66. The second-order valence-electron chi connectivity index (χ2n) is 3.72. The lowest BCUT2D eigenvalue weighted by atomic mass is 10.2. The fourth-order valence-corrected chi connectivity index (χ4v) is 2.43. The van der Waals surface area contributed by atoms with Gasteiger partial charge in [-0.3, -0.25) is 0 Å². The molecule has 0 aromatic carbocycles. The standard InChI is InChI=1S/C12H18ClIN2O/c1-4-7-9(17-6-3)12-15-8(5-2)10(14)11(13)16-12/h9H,4-7H2,1-3H3. The number of halogens is 2. The van der Waals surface area contributed by atoms with Crippen LogP contribution in [0.5, 0.6) is 0 Å².